The van der Waals surface area contributed by atoms with Gasteiger partial charge in [-0.25, -0.2) is 0 Å². The number of nitrogens with zero attached hydrogens (tertiary/aromatic N) is 5. The van der Waals surface area contributed by atoms with Crippen molar-refractivity contribution in [3.05, 3.63) is 67.3 Å². The molecular formula is C27H25F6IN6OS. The number of halogens is 7. The number of fused-ring (bicyclic) bond motifs is 1. The summed E-state index contributed by atoms with van der Waals surface area (Å²) in [5, 5.41) is 8.71. The maximum absolute atomic E-state index is 13.7. The Hall–Kier alpha value is -2.63. The number of hydrogen-bond donors (Lipinski definition) is 1. The Kier molecular flexibility index (Phi) is 8.93. The molecule has 1 amide bonds. The van der Waals surface area contributed by atoms with Gasteiger partial charge in [-0.3, -0.25) is 14.4 Å². The van der Waals surface area contributed by atoms with Crippen LogP contribution in [-0.2, 0) is 23.7 Å². The number of thioether (sulfide) groups is 1. The van der Waals surface area contributed by atoms with Crippen molar-refractivity contribution in [2.45, 2.75) is 18.9 Å². The molecule has 1 fully saturated rings. The minimum absolute atomic E-state index is 0.129. The minimum Gasteiger partial charge on any atom is -0.363 e. The Balaban J connectivity index is 1.29. The smallest absolute Gasteiger partial charge is 0.363 e. The van der Waals surface area contributed by atoms with Gasteiger partial charge in [-0.05, 0) is 82.9 Å². The summed E-state index contributed by atoms with van der Waals surface area (Å²) in [7, 11) is 2.10. The van der Waals surface area contributed by atoms with Crippen molar-refractivity contribution < 1.29 is 31.1 Å². The van der Waals surface area contributed by atoms with E-state index >= 15 is 0 Å². The first kappa shape index (κ1) is 30.8. The molecule has 5 rings (SSSR count). The number of benzene rings is 2. The summed E-state index contributed by atoms with van der Waals surface area (Å²) >= 11 is 3.19. The van der Waals surface area contributed by atoms with Crippen LogP contribution in [-0.4, -0.2) is 77.0 Å². The number of carbonyl (C=O) groups excluding carboxylic acids is 1. The molecule has 0 atom stereocenters. The number of rotatable bonds is 6. The highest BCUT2D eigenvalue weighted by Crippen LogP contribution is 2.38. The molecule has 1 saturated heterocycles. The van der Waals surface area contributed by atoms with E-state index in [4.69, 9.17) is 0 Å². The average molecular weight is 722 g/mol. The van der Waals surface area contributed by atoms with Gasteiger partial charge in [-0.1, -0.05) is 12.1 Å². The summed E-state index contributed by atoms with van der Waals surface area (Å²) in [6.07, 6.45) is -8.18. The first-order valence-corrected chi connectivity index (χ1v) is 14.8. The average Bonchev–Trinajstić information content (AvgIpc) is 3.42. The minimum atomic E-state index is -4.97. The van der Waals surface area contributed by atoms with Crippen LogP contribution in [0.15, 0.2) is 46.3 Å². The van der Waals surface area contributed by atoms with E-state index in [1.165, 1.54) is 16.4 Å². The maximum atomic E-state index is 13.7. The largest absolute Gasteiger partial charge is 0.416 e. The molecule has 0 unspecified atom stereocenters. The SMILES string of the molecule is CN1CCN(CCNC2=NC(=O)/C(=C/c3ccc4c(c3)c(I)nn4Cc3ccc(C(F)(F)F)cc3C(F)(F)F)S2)CC1. The Morgan fingerprint density at radius 2 is 1.76 bits per heavy atom. The molecule has 7 nitrogen and oxygen atoms in total. The van der Waals surface area contributed by atoms with Crippen LogP contribution in [0.4, 0.5) is 26.3 Å². The van der Waals surface area contributed by atoms with Gasteiger partial charge in [-0.15, -0.1) is 0 Å². The zero-order chi connectivity index (χ0) is 30.2. The molecule has 2 aliphatic heterocycles. The first-order chi connectivity index (χ1) is 19.8. The van der Waals surface area contributed by atoms with Crippen molar-refractivity contribution >= 4 is 62.4 Å². The molecule has 0 spiro atoms. The molecule has 2 aliphatic rings. The summed E-state index contributed by atoms with van der Waals surface area (Å²) in [5.41, 5.74) is -1.88. The molecule has 0 aliphatic carbocycles. The van der Waals surface area contributed by atoms with Crippen molar-refractivity contribution in [1.29, 1.82) is 0 Å². The van der Waals surface area contributed by atoms with Crippen LogP contribution in [0.2, 0.25) is 0 Å². The lowest BCUT2D eigenvalue weighted by Crippen LogP contribution is -2.46. The number of nitrogens with one attached hydrogen (secondary N) is 1. The number of likely N-dealkylation sites (N-methyl/N-ethyl adjacent to an activating group) is 1. The summed E-state index contributed by atoms with van der Waals surface area (Å²) in [6.45, 7) is 5.16. The molecule has 2 aromatic carbocycles. The third-order valence-corrected chi connectivity index (χ3v) is 8.75. The number of carbonyl (C=O) groups is 1. The van der Waals surface area contributed by atoms with Crippen LogP contribution in [0.3, 0.4) is 0 Å². The number of alkyl halides is 6. The fourth-order valence-electron chi connectivity index (χ4n) is 4.71. The second-order valence-electron chi connectivity index (χ2n) is 10.00. The molecule has 15 heteroatoms. The van der Waals surface area contributed by atoms with E-state index in [-0.39, 0.29) is 24.1 Å². The third-order valence-electron chi connectivity index (χ3n) is 7.01. The fraction of sp³-hybridized carbons (Fsp3) is 0.370. The Morgan fingerprint density at radius 1 is 1.02 bits per heavy atom. The molecule has 0 bridgehead atoms. The number of amides is 1. The van der Waals surface area contributed by atoms with Gasteiger partial charge < -0.3 is 10.2 Å². The number of aliphatic imine (C=N–C) groups is 1. The summed E-state index contributed by atoms with van der Waals surface area (Å²) in [6, 6.07) is 6.73. The molecule has 0 radical (unpaired) electrons. The summed E-state index contributed by atoms with van der Waals surface area (Å²) in [5.74, 6) is -0.366. The summed E-state index contributed by atoms with van der Waals surface area (Å²) in [4.78, 5) is 21.7. The van der Waals surface area contributed by atoms with Gasteiger partial charge in [0.05, 0.1) is 28.1 Å². The number of hydrogen-bond acceptors (Lipinski definition) is 6. The highest BCUT2D eigenvalue weighted by molar-refractivity contribution is 14.1. The first-order valence-electron chi connectivity index (χ1n) is 12.9. The second kappa shape index (κ2) is 12.2. The van der Waals surface area contributed by atoms with Crippen molar-refractivity contribution in [1.82, 2.24) is 24.9 Å². The van der Waals surface area contributed by atoms with Crippen LogP contribution >= 0.6 is 34.4 Å². The summed E-state index contributed by atoms with van der Waals surface area (Å²) < 4.78 is 82.0. The van der Waals surface area contributed by atoms with Gasteiger partial charge in [0.25, 0.3) is 5.91 Å². The van der Waals surface area contributed by atoms with E-state index in [1.54, 1.807) is 24.3 Å². The van der Waals surface area contributed by atoms with Gasteiger partial charge in [0, 0.05) is 44.7 Å². The number of amidine groups is 1. The van der Waals surface area contributed by atoms with E-state index in [2.05, 4.69) is 32.3 Å². The highest BCUT2D eigenvalue weighted by Gasteiger charge is 2.38. The van der Waals surface area contributed by atoms with E-state index in [1.807, 2.05) is 22.6 Å². The molecule has 3 heterocycles. The van der Waals surface area contributed by atoms with Crippen LogP contribution in [0.5, 0.6) is 0 Å². The van der Waals surface area contributed by atoms with E-state index in [0.29, 0.717) is 42.9 Å². The molecule has 42 heavy (non-hydrogen) atoms. The fourth-order valence-corrected chi connectivity index (χ4v) is 6.24. The molecule has 1 N–H and O–H groups in total. The van der Waals surface area contributed by atoms with Crippen molar-refractivity contribution in [2.75, 3.05) is 46.3 Å². The predicted octanol–water partition coefficient (Wildman–Crippen LogP) is 5.53. The van der Waals surface area contributed by atoms with E-state index in [0.717, 1.165) is 38.8 Å². The molecule has 0 saturated carbocycles. The Bertz CT molecular complexity index is 1560. The third kappa shape index (κ3) is 7.11. The number of piperazine rings is 1. The molecule has 224 valence electrons. The molecule has 3 aromatic rings. The van der Waals surface area contributed by atoms with Gasteiger partial charge in [-0.2, -0.15) is 36.4 Å². The van der Waals surface area contributed by atoms with Gasteiger partial charge in [0.1, 0.15) is 3.70 Å². The zero-order valence-electron chi connectivity index (χ0n) is 22.2. The van der Waals surface area contributed by atoms with Crippen LogP contribution < -0.4 is 5.32 Å². The van der Waals surface area contributed by atoms with E-state index in [9.17, 15) is 31.1 Å². The lowest BCUT2D eigenvalue weighted by molar-refractivity contribution is -0.143. The van der Waals surface area contributed by atoms with Crippen molar-refractivity contribution in [3.63, 3.8) is 0 Å². The van der Waals surface area contributed by atoms with E-state index < -0.39 is 23.5 Å². The van der Waals surface area contributed by atoms with Crippen LogP contribution in [0.25, 0.3) is 17.0 Å². The molecule has 1 aromatic heterocycles. The van der Waals surface area contributed by atoms with Crippen LogP contribution in [0.1, 0.15) is 22.3 Å². The van der Waals surface area contributed by atoms with Crippen LogP contribution in [0, 0.1) is 3.70 Å². The standard InChI is InChI=1S/C27H25F6IN6OS/c1-38-8-10-39(11-9-38)7-6-35-25-36-24(41)22(42-25)13-16-2-5-21-19(12-16)23(34)37-40(21)15-17-3-4-18(26(28,29)30)14-20(17)27(31,32)33/h2-5,12-14H,6-11,15H2,1H3,(H,35,36,41)/b22-13-. The zero-order valence-corrected chi connectivity index (χ0v) is 25.2. The van der Waals surface area contributed by atoms with Gasteiger partial charge in [0.15, 0.2) is 5.17 Å². The topological polar surface area (TPSA) is 65.8 Å². The second-order valence-corrected chi connectivity index (χ2v) is 12.0. The lowest BCUT2D eigenvalue weighted by atomic mass is 10.0. The lowest BCUT2D eigenvalue weighted by Gasteiger charge is -2.32. The number of aromatic nitrogens is 2. The monoisotopic (exact) mass is 722 g/mol. The Morgan fingerprint density at radius 3 is 2.45 bits per heavy atom. The normalized spacial score (nSPS) is 18.3. The molecular weight excluding hydrogens is 697 g/mol. The van der Waals surface area contributed by atoms with Crippen molar-refractivity contribution in [3.8, 4) is 0 Å². The predicted molar refractivity (Wildman–Crippen MR) is 158 cm³/mol. The Labute approximate surface area is 255 Å². The van der Waals surface area contributed by atoms with Gasteiger partial charge in [0.2, 0.25) is 0 Å². The van der Waals surface area contributed by atoms with Gasteiger partial charge >= 0.3 is 12.4 Å². The van der Waals surface area contributed by atoms with Crippen molar-refractivity contribution in [2.24, 2.45) is 4.99 Å². The maximum Gasteiger partial charge on any atom is 0.416 e. The highest BCUT2D eigenvalue weighted by atomic mass is 127. The quantitative estimate of drug-likeness (QED) is 0.205.